The second kappa shape index (κ2) is 10.5. The number of rotatable bonds is 1. The van der Waals surface area contributed by atoms with Gasteiger partial charge in [0.2, 0.25) is 0 Å². The van der Waals surface area contributed by atoms with Crippen molar-refractivity contribution in [3.05, 3.63) is 123 Å². The summed E-state index contributed by atoms with van der Waals surface area (Å²) in [5.74, 6) is 5.18. The van der Waals surface area contributed by atoms with Crippen molar-refractivity contribution in [2.75, 3.05) is 0 Å². The molecule has 0 saturated heterocycles. The maximum atomic E-state index is 11.1. The normalized spacial score (nSPS) is 31.3. The largest absolute Gasteiger partial charge is 0.308 e. The molecule has 5 saturated carbocycles. The molecular weight excluding hydrogens is 739 g/mol. The zero-order valence-corrected chi connectivity index (χ0v) is 35.0. The molecule has 0 N–H and O–H groups in total. The van der Waals surface area contributed by atoms with E-state index in [1.54, 1.807) is 0 Å². The van der Waals surface area contributed by atoms with Crippen molar-refractivity contribution in [3.8, 4) is 34.4 Å². The van der Waals surface area contributed by atoms with E-state index in [-0.39, 0.29) is 5.41 Å². The molecule has 3 heteroatoms. The number of nitriles is 2. The molecule has 61 heavy (non-hydrogen) atoms. The van der Waals surface area contributed by atoms with Gasteiger partial charge >= 0.3 is 0 Å². The smallest absolute Gasteiger partial charge is 0.0995 e. The highest BCUT2D eigenvalue weighted by atomic mass is 14.9. The highest BCUT2D eigenvalue weighted by molar-refractivity contribution is 6.27. The first kappa shape index (κ1) is 33.0. The first-order chi connectivity index (χ1) is 29.8. The molecule has 8 aromatic rings. The molecule has 294 valence electrons. The summed E-state index contributed by atoms with van der Waals surface area (Å²) in [5.41, 5.74) is 20.0. The Morgan fingerprint density at radius 1 is 0.541 bits per heavy atom. The van der Waals surface area contributed by atoms with E-state index >= 15 is 0 Å². The highest BCUT2D eigenvalue weighted by Crippen LogP contribution is 2.77. The lowest BCUT2D eigenvalue weighted by molar-refractivity contribution is 0.00322. The van der Waals surface area contributed by atoms with Gasteiger partial charge in [-0.2, -0.15) is 10.5 Å². The van der Waals surface area contributed by atoms with Crippen molar-refractivity contribution in [2.45, 2.75) is 107 Å². The minimum atomic E-state index is -0.124. The van der Waals surface area contributed by atoms with Crippen LogP contribution in [0.4, 0.5) is 0 Å². The SMILES string of the molecule is CC1(C)c2ccccc2-c2c1cc(-c1cc3c4c5c(c(C#N)cc4n4c6cc(C#N)c7c(c6c(c1)c34)C1CC3CC4CC7CC43C1)C1CC3CC(C1)CC5C3)c1ccccc21. The molecular formula is C58H47N3. The van der Waals surface area contributed by atoms with E-state index in [9.17, 15) is 10.5 Å². The fourth-order valence-corrected chi connectivity index (χ4v) is 17.7. The monoisotopic (exact) mass is 785 g/mol. The predicted octanol–water partition coefficient (Wildman–Crippen LogP) is 14.5. The Bertz CT molecular complexity index is 3500. The van der Waals surface area contributed by atoms with Crippen LogP contribution in [-0.4, -0.2) is 4.40 Å². The topological polar surface area (TPSA) is 52.0 Å². The van der Waals surface area contributed by atoms with Crippen LogP contribution < -0.4 is 0 Å². The predicted molar refractivity (Wildman–Crippen MR) is 245 cm³/mol. The number of fused-ring (bicyclic) bond motifs is 17. The molecule has 3 nitrogen and oxygen atoms in total. The van der Waals surface area contributed by atoms with E-state index < -0.39 is 0 Å². The summed E-state index contributed by atoms with van der Waals surface area (Å²) in [6, 6.07) is 36.3. The van der Waals surface area contributed by atoms with Crippen molar-refractivity contribution in [1.82, 2.24) is 4.40 Å². The Kier molecular flexibility index (Phi) is 5.69. The average molecular weight is 786 g/mol. The Balaban J connectivity index is 1.09. The van der Waals surface area contributed by atoms with Gasteiger partial charge in [-0.25, -0.2) is 0 Å². The molecule has 0 amide bonds. The Morgan fingerprint density at radius 3 is 1.79 bits per heavy atom. The van der Waals surface area contributed by atoms with Crippen LogP contribution in [0.1, 0.15) is 146 Å². The third kappa shape index (κ3) is 3.64. The first-order valence-corrected chi connectivity index (χ1v) is 23.7. The molecule has 17 rings (SSSR count). The van der Waals surface area contributed by atoms with Crippen molar-refractivity contribution in [2.24, 2.45) is 29.1 Å². The molecule has 7 atom stereocenters. The zero-order valence-electron chi connectivity index (χ0n) is 35.0. The van der Waals surface area contributed by atoms with Gasteiger partial charge < -0.3 is 4.40 Å². The van der Waals surface area contributed by atoms with Crippen molar-refractivity contribution >= 4 is 48.9 Å². The molecule has 1 spiro atoms. The minimum absolute atomic E-state index is 0.124. The van der Waals surface area contributed by atoms with Gasteiger partial charge in [-0.15, -0.1) is 0 Å². The maximum Gasteiger partial charge on any atom is 0.0995 e. The molecule has 7 unspecified atom stereocenters. The van der Waals surface area contributed by atoms with E-state index in [0.29, 0.717) is 29.1 Å². The van der Waals surface area contributed by atoms with Crippen LogP contribution in [0.2, 0.25) is 0 Å². The molecule has 2 heterocycles. The summed E-state index contributed by atoms with van der Waals surface area (Å²) in [7, 11) is 0. The van der Waals surface area contributed by atoms with Crippen molar-refractivity contribution in [3.63, 3.8) is 0 Å². The summed E-state index contributed by atoms with van der Waals surface area (Å²) in [6.45, 7) is 4.84. The van der Waals surface area contributed by atoms with Gasteiger partial charge in [0.25, 0.3) is 0 Å². The zero-order chi connectivity index (χ0) is 40.0. The number of nitrogens with zero attached hydrogens (tertiary/aromatic N) is 3. The molecule has 5 fully saturated rings. The number of hydrogen-bond acceptors (Lipinski definition) is 2. The molecule has 0 radical (unpaired) electrons. The molecule has 2 aromatic heterocycles. The van der Waals surface area contributed by atoms with E-state index in [2.05, 4.69) is 109 Å². The Morgan fingerprint density at radius 2 is 1.11 bits per heavy atom. The Labute approximate surface area is 356 Å². The second-order valence-electron chi connectivity index (χ2n) is 22.3. The fraction of sp³-hybridized carbons (Fsp3) is 0.379. The minimum Gasteiger partial charge on any atom is -0.308 e. The van der Waals surface area contributed by atoms with Crippen molar-refractivity contribution < 1.29 is 0 Å². The number of benzene rings is 6. The summed E-state index contributed by atoms with van der Waals surface area (Å²) in [6.07, 6.45) is 12.9. The van der Waals surface area contributed by atoms with Gasteiger partial charge in [0, 0.05) is 27.0 Å². The summed E-state index contributed by atoms with van der Waals surface area (Å²) >= 11 is 0. The van der Waals surface area contributed by atoms with Gasteiger partial charge in [-0.05, 0) is 214 Å². The second-order valence-corrected chi connectivity index (χ2v) is 22.3. The first-order valence-electron chi connectivity index (χ1n) is 23.7. The van der Waals surface area contributed by atoms with Crippen LogP contribution in [0.25, 0.3) is 71.1 Å². The lowest BCUT2D eigenvalue weighted by Gasteiger charge is -2.48. The molecule has 0 aliphatic heterocycles. The highest BCUT2D eigenvalue weighted by Gasteiger charge is 2.66. The summed E-state index contributed by atoms with van der Waals surface area (Å²) < 4.78 is 2.57. The van der Waals surface area contributed by atoms with Gasteiger partial charge in [0.05, 0.1) is 39.8 Å². The summed E-state index contributed by atoms with van der Waals surface area (Å²) in [4.78, 5) is 0. The van der Waals surface area contributed by atoms with Gasteiger partial charge in [0.1, 0.15) is 0 Å². The van der Waals surface area contributed by atoms with Gasteiger partial charge in [-0.3, -0.25) is 0 Å². The average Bonchev–Trinajstić information content (AvgIpc) is 3.96. The van der Waals surface area contributed by atoms with E-state index in [0.717, 1.165) is 34.8 Å². The maximum absolute atomic E-state index is 11.1. The van der Waals surface area contributed by atoms with Crippen LogP contribution in [0.15, 0.2) is 78.9 Å². The molecule has 9 aliphatic rings. The van der Waals surface area contributed by atoms with Crippen LogP contribution in [0.5, 0.6) is 0 Å². The van der Waals surface area contributed by atoms with Crippen molar-refractivity contribution in [1.29, 1.82) is 10.5 Å². The van der Waals surface area contributed by atoms with Crippen LogP contribution in [0.3, 0.4) is 0 Å². The van der Waals surface area contributed by atoms with Gasteiger partial charge in [0.15, 0.2) is 0 Å². The standard InChI is InChI=1S/C58H47N3/c1-57(2)45-10-6-5-9-41(45)53-40-8-4-3-7-39(40)42(23-46(53)57)30-18-43-54-47(20-35(26-59)49-31-12-28-11-29(13-31)15-32(14-28)51(49)54)61-48-21-36(27-60)50-33-16-37-22-38-17-34(25-58(37,38)24-33)52(50)55(48)44(19-30)56(43)61/h3-10,18-21,23,28-29,31-34,37-38H,11-17,22,24-25H2,1-2H3. The van der Waals surface area contributed by atoms with Crippen LogP contribution in [-0.2, 0) is 5.41 Å². The quantitative estimate of drug-likeness (QED) is 0.166. The van der Waals surface area contributed by atoms with Crippen LogP contribution in [0, 0.1) is 51.7 Å². The molecule has 9 aliphatic carbocycles. The van der Waals surface area contributed by atoms with E-state index in [1.165, 1.54) is 169 Å². The number of hydrogen-bond donors (Lipinski definition) is 0. The summed E-state index contributed by atoms with van der Waals surface area (Å²) in [5, 5.41) is 30.4. The fourth-order valence-electron chi connectivity index (χ4n) is 17.7. The lowest BCUT2D eigenvalue weighted by Crippen LogP contribution is -2.41. The van der Waals surface area contributed by atoms with Gasteiger partial charge in [-0.1, -0.05) is 62.4 Å². The van der Waals surface area contributed by atoms with Crippen LogP contribution >= 0.6 is 0 Å². The third-order valence-corrected chi connectivity index (χ3v) is 19.6. The third-order valence-electron chi connectivity index (χ3n) is 19.6. The van der Waals surface area contributed by atoms with E-state index in [1.807, 2.05) is 0 Å². The number of aromatic nitrogens is 1. The molecule has 6 aromatic carbocycles. The molecule has 7 bridgehead atoms. The Hall–Kier alpha value is -5.64. The lowest BCUT2D eigenvalue weighted by atomic mass is 9.56. The van der Waals surface area contributed by atoms with E-state index in [4.69, 9.17) is 0 Å².